The number of thiophene rings is 1. The van der Waals surface area contributed by atoms with Gasteiger partial charge in [0.25, 0.3) is 0 Å². The molecule has 0 radical (unpaired) electrons. The van der Waals surface area contributed by atoms with Crippen LogP contribution in [0, 0.1) is 0 Å². The Morgan fingerprint density at radius 2 is 2.24 bits per heavy atom. The lowest BCUT2D eigenvalue weighted by atomic mass is 10.0. The predicted octanol–water partition coefficient (Wildman–Crippen LogP) is 3.06. The molecular weight excluding hydrogens is 250 g/mol. The average molecular weight is 261 g/mol. The van der Waals surface area contributed by atoms with Gasteiger partial charge < -0.3 is 5.32 Å². The summed E-state index contributed by atoms with van der Waals surface area (Å²) in [5.41, 5.74) is 1.30. The number of fused-ring (bicyclic) bond motifs is 1. The summed E-state index contributed by atoms with van der Waals surface area (Å²) in [4.78, 5) is 1.15. The molecule has 0 aliphatic rings. The lowest BCUT2D eigenvalue weighted by Crippen LogP contribution is -2.16. The van der Waals surface area contributed by atoms with E-state index in [1.807, 2.05) is 13.2 Å². The predicted molar refractivity (Wildman–Crippen MR) is 72.6 cm³/mol. The van der Waals surface area contributed by atoms with Crippen LogP contribution < -0.4 is 5.32 Å². The van der Waals surface area contributed by atoms with E-state index in [1.165, 1.54) is 27.2 Å². The highest BCUT2D eigenvalue weighted by atomic mass is 32.1. The first kappa shape index (κ1) is 10.8. The maximum absolute atomic E-state index is 3.94. The molecule has 0 saturated heterocycles. The van der Waals surface area contributed by atoms with Crippen LogP contribution in [0.2, 0.25) is 0 Å². The summed E-state index contributed by atoms with van der Waals surface area (Å²) in [6.07, 6.45) is 1.83. The molecule has 1 N–H and O–H groups in total. The summed E-state index contributed by atoms with van der Waals surface area (Å²) >= 11 is 3.22. The Hall–Kier alpha value is -1.30. The second-order valence-electron chi connectivity index (χ2n) is 3.73. The van der Waals surface area contributed by atoms with Gasteiger partial charge >= 0.3 is 0 Å². The molecule has 86 valence electrons. The van der Waals surface area contributed by atoms with Gasteiger partial charge in [-0.1, -0.05) is 22.7 Å². The minimum absolute atomic E-state index is 0.178. The van der Waals surface area contributed by atoms with E-state index in [-0.39, 0.29) is 6.04 Å². The number of nitrogens with one attached hydrogen (secondary N) is 1. The summed E-state index contributed by atoms with van der Waals surface area (Å²) in [5, 5.41) is 10.7. The minimum atomic E-state index is 0.178. The molecule has 2 heterocycles. The quantitative estimate of drug-likeness (QED) is 0.787. The number of nitrogens with zero attached hydrogens (tertiary/aromatic N) is 2. The maximum atomic E-state index is 3.94. The first-order valence-electron chi connectivity index (χ1n) is 5.31. The van der Waals surface area contributed by atoms with E-state index in [0.29, 0.717) is 0 Å². The molecule has 5 heteroatoms. The molecule has 0 fully saturated rings. The van der Waals surface area contributed by atoms with Crippen LogP contribution in [0.3, 0.4) is 0 Å². The van der Waals surface area contributed by atoms with E-state index in [4.69, 9.17) is 0 Å². The Balaban J connectivity index is 2.16. The van der Waals surface area contributed by atoms with Crippen molar-refractivity contribution in [2.24, 2.45) is 0 Å². The van der Waals surface area contributed by atoms with Gasteiger partial charge in [0.2, 0.25) is 0 Å². The molecule has 0 aliphatic carbocycles. The van der Waals surface area contributed by atoms with E-state index >= 15 is 0 Å². The van der Waals surface area contributed by atoms with Crippen LogP contribution >= 0.6 is 22.9 Å². The minimum Gasteiger partial charge on any atom is -0.309 e. The molecule has 1 atom stereocenters. The van der Waals surface area contributed by atoms with Crippen molar-refractivity contribution < 1.29 is 0 Å². The zero-order valence-corrected chi connectivity index (χ0v) is 10.9. The normalized spacial score (nSPS) is 13.0. The lowest BCUT2D eigenvalue weighted by molar-refractivity contribution is 0.708. The largest absolute Gasteiger partial charge is 0.309 e. The Morgan fingerprint density at radius 1 is 1.29 bits per heavy atom. The fourth-order valence-electron chi connectivity index (χ4n) is 2.00. The Kier molecular flexibility index (Phi) is 2.88. The zero-order chi connectivity index (χ0) is 11.7. The highest BCUT2D eigenvalue weighted by Gasteiger charge is 2.17. The molecule has 1 aromatic carbocycles. The van der Waals surface area contributed by atoms with Crippen molar-refractivity contribution in [3.05, 3.63) is 46.3 Å². The van der Waals surface area contributed by atoms with E-state index in [1.54, 1.807) is 11.3 Å². The highest BCUT2D eigenvalue weighted by Crippen LogP contribution is 2.32. The van der Waals surface area contributed by atoms with Gasteiger partial charge in [0, 0.05) is 4.70 Å². The van der Waals surface area contributed by atoms with Crippen molar-refractivity contribution in [1.29, 1.82) is 0 Å². The molecule has 2 aromatic heterocycles. The number of aromatic nitrogens is 2. The van der Waals surface area contributed by atoms with Crippen LogP contribution in [-0.2, 0) is 0 Å². The summed E-state index contributed by atoms with van der Waals surface area (Å²) in [7, 11) is 1.97. The molecule has 0 bridgehead atoms. The lowest BCUT2D eigenvalue weighted by Gasteiger charge is -2.14. The molecule has 3 aromatic rings. The van der Waals surface area contributed by atoms with Crippen molar-refractivity contribution in [3.8, 4) is 0 Å². The van der Waals surface area contributed by atoms with Crippen molar-refractivity contribution >= 4 is 33.0 Å². The van der Waals surface area contributed by atoms with Gasteiger partial charge in [0.05, 0.1) is 17.1 Å². The maximum Gasteiger partial charge on any atom is 0.0715 e. The summed E-state index contributed by atoms with van der Waals surface area (Å²) < 4.78 is 5.27. The highest BCUT2D eigenvalue weighted by molar-refractivity contribution is 7.17. The Labute approximate surface area is 107 Å². The Bertz CT molecular complexity index is 616. The first-order valence-corrected chi connectivity index (χ1v) is 6.96. The number of rotatable bonds is 3. The van der Waals surface area contributed by atoms with Gasteiger partial charge in [-0.3, -0.25) is 0 Å². The molecule has 3 rings (SSSR count). The smallest absolute Gasteiger partial charge is 0.0715 e. The molecule has 1 unspecified atom stereocenters. The molecular formula is C12H11N3S2. The van der Waals surface area contributed by atoms with E-state index in [9.17, 15) is 0 Å². The van der Waals surface area contributed by atoms with Crippen LogP contribution in [0.25, 0.3) is 10.1 Å². The topological polar surface area (TPSA) is 37.8 Å². The SMILES string of the molecule is CNC(c1cnns1)c1cccc2ccsc12. The van der Waals surface area contributed by atoms with E-state index < -0.39 is 0 Å². The molecule has 0 spiro atoms. The van der Waals surface area contributed by atoms with Crippen molar-refractivity contribution in [1.82, 2.24) is 14.9 Å². The second-order valence-corrected chi connectivity index (χ2v) is 5.46. The first-order chi connectivity index (χ1) is 8.40. The van der Waals surface area contributed by atoms with Crippen LogP contribution in [0.15, 0.2) is 35.8 Å². The second kappa shape index (κ2) is 4.52. The standard InChI is InChI=1S/C12H11N3S2/c1-13-11(10-7-14-15-17-10)9-4-2-3-8-5-6-16-12(8)9/h2-7,11,13H,1H3. The fraction of sp³-hybridized carbons (Fsp3) is 0.167. The van der Waals surface area contributed by atoms with Crippen LogP contribution in [-0.4, -0.2) is 16.6 Å². The number of benzene rings is 1. The molecule has 17 heavy (non-hydrogen) atoms. The molecule has 0 aliphatic heterocycles. The van der Waals surface area contributed by atoms with E-state index in [0.717, 1.165) is 4.88 Å². The monoisotopic (exact) mass is 261 g/mol. The van der Waals surface area contributed by atoms with Crippen LogP contribution in [0.5, 0.6) is 0 Å². The van der Waals surface area contributed by atoms with Crippen LogP contribution in [0.4, 0.5) is 0 Å². The van der Waals surface area contributed by atoms with Crippen LogP contribution in [0.1, 0.15) is 16.5 Å². The summed E-state index contributed by atoms with van der Waals surface area (Å²) in [6, 6.07) is 8.74. The fourth-order valence-corrected chi connectivity index (χ4v) is 3.57. The summed E-state index contributed by atoms with van der Waals surface area (Å²) in [5.74, 6) is 0. The van der Waals surface area contributed by atoms with Gasteiger partial charge in [0.1, 0.15) is 0 Å². The van der Waals surface area contributed by atoms with E-state index in [2.05, 4.69) is 44.5 Å². The van der Waals surface area contributed by atoms with Gasteiger partial charge in [-0.15, -0.1) is 16.4 Å². The number of hydrogen-bond donors (Lipinski definition) is 1. The molecule has 0 amide bonds. The summed E-state index contributed by atoms with van der Waals surface area (Å²) in [6.45, 7) is 0. The third-order valence-electron chi connectivity index (χ3n) is 2.77. The third-order valence-corrected chi connectivity index (χ3v) is 4.48. The third kappa shape index (κ3) is 1.86. The Morgan fingerprint density at radius 3 is 3.00 bits per heavy atom. The average Bonchev–Trinajstić information content (AvgIpc) is 3.00. The van der Waals surface area contributed by atoms with Crippen molar-refractivity contribution in [2.45, 2.75) is 6.04 Å². The van der Waals surface area contributed by atoms with Gasteiger partial charge in [-0.2, -0.15) is 0 Å². The zero-order valence-electron chi connectivity index (χ0n) is 9.25. The van der Waals surface area contributed by atoms with Gasteiger partial charge in [-0.05, 0) is 41.0 Å². The number of hydrogen-bond acceptors (Lipinski definition) is 5. The van der Waals surface area contributed by atoms with Crippen molar-refractivity contribution in [3.63, 3.8) is 0 Å². The molecule has 3 nitrogen and oxygen atoms in total. The van der Waals surface area contributed by atoms with Gasteiger partial charge in [-0.25, -0.2) is 0 Å². The van der Waals surface area contributed by atoms with Crippen molar-refractivity contribution in [2.75, 3.05) is 7.05 Å². The molecule has 0 saturated carbocycles. The van der Waals surface area contributed by atoms with Gasteiger partial charge in [0.15, 0.2) is 0 Å².